The van der Waals surface area contributed by atoms with Crippen LogP contribution in [0, 0.1) is 11.8 Å². The first-order valence-corrected chi connectivity index (χ1v) is 8.36. The minimum absolute atomic E-state index is 0.144. The summed E-state index contributed by atoms with van der Waals surface area (Å²) in [5, 5.41) is 11.5. The van der Waals surface area contributed by atoms with Crippen LogP contribution in [-0.2, 0) is 14.3 Å². The highest BCUT2D eigenvalue weighted by Crippen LogP contribution is 2.53. The second-order valence-electron chi connectivity index (χ2n) is 6.41. The number of carbonyl (C=O) groups excluding carboxylic acids is 2. The van der Waals surface area contributed by atoms with E-state index >= 15 is 0 Å². The van der Waals surface area contributed by atoms with Gasteiger partial charge in [-0.05, 0) is 24.6 Å². The maximum absolute atomic E-state index is 12.9. The van der Waals surface area contributed by atoms with Crippen molar-refractivity contribution in [3.8, 4) is 0 Å². The predicted molar refractivity (Wildman–Crippen MR) is 83.0 cm³/mol. The van der Waals surface area contributed by atoms with E-state index in [1.54, 1.807) is 11.0 Å². The number of fused-ring (bicyclic) bond motifs is 1. The fraction of sp³-hybridized carbons (Fsp3) is 0.412. The van der Waals surface area contributed by atoms with E-state index in [9.17, 15) is 14.7 Å². The van der Waals surface area contributed by atoms with E-state index in [1.807, 2.05) is 37.3 Å². The standard InChI is InChI=1S/C17H16BrNO4/c1-9(10-2-4-11(18)5-3-10)19-8-17-7-6-12(23-17)13(16(21)22)14(17)15(19)20/h2-7,9,12-14H,8H2,1H3,(H,21,22)/p-1/t9-,12+,13+,14-,17+/m1/s1. The van der Waals surface area contributed by atoms with Crippen LogP contribution in [0.4, 0.5) is 0 Å². The van der Waals surface area contributed by atoms with E-state index in [2.05, 4.69) is 15.9 Å². The molecule has 2 bridgehead atoms. The Balaban J connectivity index is 1.66. The number of hydrogen-bond donors (Lipinski definition) is 0. The highest BCUT2D eigenvalue weighted by molar-refractivity contribution is 9.10. The zero-order valence-corrected chi connectivity index (χ0v) is 14.0. The number of halogens is 1. The lowest BCUT2D eigenvalue weighted by atomic mass is 9.77. The molecular weight excluding hydrogens is 362 g/mol. The van der Waals surface area contributed by atoms with Crippen molar-refractivity contribution in [1.29, 1.82) is 0 Å². The summed E-state index contributed by atoms with van der Waals surface area (Å²) in [6.45, 7) is 2.33. The molecule has 120 valence electrons. The molecular formula is C17H15BrNO4-. The highest BCUT2D eigenvalue weighted by Gasteiger charge is 2.65. The molecule has 6 heteroatoms. The molecule has 5 nitrogen and oxygen atoms in total. The van der Waals surface area contributed by atoms with Gasteiger partial charge in [0.1, 0.15) is 5.60 Å². The van der Waals surface area contributed by atoms with Gasteiger partial charge in [0, 0.05) is 16.4 Å². The average molecular weight is 377 g/mol. The van der Waals surface area contributed by atoms with Crippen molar-refractivity contribution in [3.63, 3.8) is 0 Å². The molecule has 2 saturated heterocycles. The van der Waals surface area contributed by atoms with Crippen LogP contribution in [0.3, 0.4) is 0 Å². The van der Waals surface area contributed by atoms with Crippen LogP contribution >= 0.6 is 15.9 Å². The maximum atomic E-state index is 12.9. The number of nitrogens with zero attached hydrogens (tertiary/aromatic N) is 1. The lowest BCUT2D eigenvalue weighted by Crippen LogP contribution is -2.45. The van der Waals surface area contributed by atoms with Crippen LogP contribution < -0.4 is 5.11 Å². The third-order valence-electron chi connectivity index (χ3n) is 5.22. The number of carboxylic acids is 1. The SMILES string of the molecule is C[C@H](c1ccc(Br)cc1)N1C[C@]23C=C[C@H](O2)[C@H](C(=O)[O-])[C@@H]3C1=O. The molecule has 0 unspecified atom stereocenters. The zero-order valence-electron chi connectivity index (χ0n) is 12.4. The van der Waals surface area contributed by atoms with E-state index in [0.717, 1.165) is 10.0 Å². The van der Waals surface area contributed by atoms with E-state index in [4.69, 9.17) is 4.74 Å². The molecule has 3 aliphatic heterocycles. The molecule has 3 heterocycles. The lowest BCUT2D eigenvalue weighted by Gasteiger charge is -2.28. The van der Waals surface area contributed by atoms with Crippen LogP contribution in [0.25, 0.3) is 0 Å². The molecule has 0 aliphatic carbocycles. The summed E-state index contributed by atoms with van der Waals surface area (Å²) in [5.41, 5.74) is 0.192. The highest BCUT2D eigenvalue weighted by atomic mass is 79.9. The monoisotopic (exact) mass is 376 g/mol. The first kappa shape index (κ1) is 14.9. The second kappa shape index (κ2) is 4.92. The van der Waals surface area contributed by atoms with E-state index < -0.39 is 29.5 Å². The first-order valence-electron chi connectivity index (χ1n) is 7.57. The zero-order chi connectivity index (χ0) is 16.4. The third-order valence-corrected chi connectivity index (χ3v) is 5.75. The molecule has 0 N–H and O–H groups in total. The van der Waals surface area contributed by atoms with Crippen LogP contribution in [-0.4, -0.2) is 35.0 Å². The van der Waals surface area contributed by atoms with Crippen molar-refractivity contribution >= 4 is 27.8 Å². The van der Waals surface area contributed by atoms with Crippen molar-refractivity contribution in [3.05, 3.63) is 46.5 Å². The fourth-order valence-electron chi connectivity index (χ4n) is 4.05. The van der Waals surface area contributed by atoms with Crippen molar-refractivity contribution < 1.29 is 19.4 Å². The Hall–Kier alpha value is -1.66. The third kappa shape index (κ3) is 2.01. The van der Waals surface area contributed by atoms with Gasteiger partial charge >= 0.3 is 0 Å². The number of hydrogen-bond acceptors (Lipinski definition) is 4. The van der Waals surface area contributed by atoms with Crippen molar-refractivity contribution in [2.75, 3.05) is 6.54 Å². The molecule has 1 aromatic rings. The van der Waals surface area contributed by atoms with Gasteiger partial charge in [-0.25, -0.2) is 0 Å². The normalized spacial score (nSPS) is 35.7. The molecule has 1 spiro atoms. The van der Waals surface area contributed by atoms with Gasteiger partial charge in [0.25, 0.3) is 0 Å². The number of likely N-dealkylation sites (tertiary alicyclic amines) is 1. The Kier molecular flexibility index (Phi) is 3.19. The Morgan fingerprint density at radius 2 is 2.13 bits per heavy atom. The largest absolute Gasteiger partial charge is 0.550 e. The van der Waals surface area contributed by atoms with Crippen LogP contribution in [0.15, 0.2) is 40.9 Å². The Bertz CT molecular complexity index is 716. The van der Waals surface area contributed by atoms with Gasteiger partial charge < -0.3 is 19.5 Å². The molecule has 4 rings (SSSR count). The topological polar surface area (TPSA) is 69.7 Å². The number of carboxylic acid groups (broad SMARTS) is 1. The number of benzene rings is 1. The second-order valence-corrected chi connectivity index (χ2v) is 7.33. The van der Waals surface area contributed by atoms with Crippen LogP contribution in [0.1, 0.15) is 18.5 Å². The van der Waals surface area contributed by atoms with Gasteiger partial charge in [-0.15, -0.1) is 0 Å². The number of ether oxygens (including phenoxy) is 1. The van der Waals surface area contributed by atoms with Gasteiger partial charge in [-0.1, -0.05) is 40.2 Å². The van der Waals surface area contributed by atoms with Crippen molar-refractivity contribution in [2.45, 2.75) is 24.7 Å². The number of aliphatic carboxylic acids is 1. The molecule has 0 aromatic heterocycles. The van der Waals surface area contributed by atoms with Gasteiger partial charge in [0.05, 0.1) is 24.6 Å². The average Bonchev–Trinajstić information content (AvgIpc) is 3.15. The summed E-state index contributed by atoms with van der Waals surface area (Å²) in [4.78, 5) is 26.1. The molecule has 1 aromatic carbocycles. The molecule has 5 atom stereocenters. The molecule has 2 fully saturated rings. The van der Waals surface area contributed by atoms with Crippen molar-refractivity contribution in [2.24, 2.45) is 11.8 Å². The summed E-state index contributed by atoms with van der Waals surface area (Å²) in [6, 6.07) is 7.62. The van der Waals surface area contributed by atoms with Gasteiger partial charge in [-0.3, -0.25) is 4.79 Å². The fourth-order valence-corrected chi connectivity index (χ4v) is 4.31. The van der Waals surface area contributed by atoms with Crippen LogP contribution in [0.2, 0.25) is 0 Å². The van der Waals surface area contributed by atoms with Gasteiger partial charge in [0.15, 0.2) is 0 Å². The van der Waals surface area contributed by atoms with Crippen LogP contribution in [0.5, 0.6) is 0 Å². The van der Waals surface area contributed by atoms with E-state index in [-0.39, 0.29) is 11.9 Å². The molecule has 0 saturated carbocycles. The molecule has 1 amide bonds. The minimum Gasteiger partial charge on any atom is -0.550 e. The molecule has 23 heavy (non-hydrogen) atoms. The maximum Gasteiger partial charge on any atom is 0.230 e. The molecule has 0 radical (unpaired) electrons. The summed E-state index contributed by atoms with van der Waals surface area (Å²) in [7, 11) is 0. The Morgan fingerprint density at radius 1 is 1.43 bits per heavy atom. The van der Waals surface area contributed by atoms with E-state index in [1.165, 1.54) is 0 Å². The lowest BCUT2D eigenvalue weighted by molar-refractivity contribution is -0.313. The first-order chi connectivity index (χ1) is 10.9. The quantitative estimate of drug-likeness (QED) is 0.739. The van der Waals surface area contributed by atoms with Gasteiger partial charge in [0.2, 0.25) is 5.91 Å². The summed E-state index contributed by atoms with van der Waals surface area (Å²) >= 11 is 3.40. The Morgan fingerprint density at radius 3 is 2.78 bits per heavy atom. The summed E-state index contributed by atoms with van der Waals surface area (Å²) < 4.78 is 6.83. The van der Waals surface area contributed by atoms with E-state index in [0.29, 0.717) is 6.54 Å². The summed E-state index contributed by atoms with van der Waals surface area (Å²) in [5.74, 6) is -2.95. The molecule has 3 aliphatic rings. The smallest absolute Gasteiger partial charge is 0.230 e. The number of carbonyl (C=O) groups is 2. The minimum atomic E-state index is -1.21. The van der Waals surface area contributed by atoms with Gasteiger partial charge in [-0.2, -0.15) is 0 Å². The Labute approximate surface area is 142 Å². The number of rotatable bonds is 3. The predicted octanol–water partition coefficient (Wildman–Crippen LogP) is 1.04. The number of amides is 1. The van der Waals surface area contributed by atoms with Crippen molar-refractivity contribution in [1.82, 2.24) is 4.90 Å². The summed E-state index contributed by atoms with van der Waals surface area (Å²) in [6.07, 6.45) is 3.06.